The first-order chi connectivity index (χ1) is 12.9. The van der Waals surface area contributed by atoms with Gasteiger partial charge in [0.25, 0.3) is 5.56 Å². The van der Waals surface area contributed by atoms with Crippen molar-refractivity contribution >= 4 is 27.5 Å². The summed E-state index contributed by atoms with van der Waals surface area (Å²) in [5.74, 6) is -0.233. The Hall–Kier alpha value is -2.67. The number of carbonyl (C=O) groups excluding carboxylic acids is 1. The van der Waals surface area contributed by atoms with Crippen LogP contribution in [0.25, 0.3) is 15.9 Å². The molecule has 27 heavy (non-hydrogen) atoms. The van der Waals surface area contributed by atoms with E-state index >= 15 is 0 Å². The van der Waals surface area contributed by atoms with Crippen molar-refractivity contribution in [3.63, 3.8) is 0 Å². The average molecular weight is 385 g/mol. The van der Waals surface area contributed by atoms with Crippen molar-refractivity contribution in [2.24, 2.45) is 0 Å². The molecule has 3 aromatic rings. The van der Waals surface area contributed by atoms with E-state index in [4.69, 9.17) is 0 Å². The first-order valence-corrected chi connectivity index (χ1v) is 9.89. The molecule has 0 spiro atoms. The van der Waals surface area contributed by atoms with Gasteiger partial charge in [-0.15, -0.1) is 11.3 Å². The maximum absolute atomic E-state index is 13.1. The lowest BCUT2D eigenvalue weighted by molar-refractivity contribution is -0.121. The second kappa shape index (κ2) is 7.92. The minimum absolute atomic E-state index is 0.110. The highest BCUT2D eigenvalue weighted by atomic mass is 32.1. The first kappa shape index (κ1) is 19.1. The fourth-order valence-corrected chi connectivity index (χ4v) is 3.76. The van der Waals surface area contributed by atoms with Crippen LogP contribution in [0.1, 0.15) is 30.9 Å². The van der Waals surface area contributed by atoms with Gasteiger partial charge < -0.3 is 5.32 Å². The Morgan fingerprint density at radius 3 is 2.63 bits per heavy atom. The predicted octanol–water partition coefficient (Wildman–Crippen LogP) is 2.75. The highest BCUT2D eigenvalue weighted by Gasteiger charge is 2.17. The van der Waals surface area contributed by atoms with E-state index < -0.39 is 5.69 Å². The van der Waals surface area contributed by atoms with Crippen LogP contribution in [0, 0.1) is 13.8 Å². The molecule has 6 nitrogen and oxygen atoms in total. The Morgan fingerprint density at radius 2 is 1.93 bits per heavy atom. The minimum atomic E-state index is -0.500. The standard InChI is InChI=1S/C20H23N3O3S/c1-4-5-9-21-17(24)12-22-16-8-10-27-18(16)19(25)23(20(22)26)15-7-6-13(2)14(3)11-15/h6-8,10-11H,4-5,9,12H2,1-3H3,(H,21,24). The summed E-state index contributed by atoms with van der Waals surface area (Å²) in [6.07, 6.45) is 1.86. The van der Waals surface area contributed by atoms with Crippen LogP contribution in [0.2, 0.25) is 0 Å². The molecule has 142 valence electrons. The molecular weight excluding hydrogens is 362 g/mol. The van der Waals surface area contributed by atoms with E-state index in [-0.39, 0.29) is 18.0 Å². The van der Waals surface area contributed by atoms with E-state index in [1.54, 1.807) is 17.5 Å². The van der Waals surface area contributed by atoms with Crippen LogP contribution in [0.3, 0.4) is 0 Å². The molecule has 0 bridgehead atoms. The van der Waals surface area contributed by atoms with Crippen molar-refractivity contribution in [2.45, 2.75) is 40.2 Å². The van der Waals surface area contributed by atoms with Crippen LogP contribution in [0.15, 0.2) is 39.2 Å². The fraction of sp³-hybridized carbons (Fsp3) is 0.350. The van der Waals surface area contributed by atoms with Gasteiger partial charge in [-0.1, -0.05) is 19.4 Å². The summed E-state index contributed by atoms with van der Waals surface area (Å²) in [6, 6.07) is 7.18. The van der Waals surface area contributed by atoms with E-state index in [0.29, 0.717) is 22.4 Å². The molecule has 0 unspecified atom stereocenters. The van der Waals surface area contributed by atoms with Gasteiger partial charge in [0.1, 0.15) is 11.2 Å². The van der Waals surface area contributed by atoms with Crippen molar-refractivity contribution in [1.82, 2.24) is 14.5 Å². The van der Waals surface area contributed by atoms with Gasteiger partial charge >= 0.3 is 5.69 Å². The summed E-state index contributed by atoms with van der Waals surface area (Å²) < 4.78 is 3.00. The molecule has 0 atom stereocenters. The maximum atomic E-state index is 13.1. The van der Waals surface area contributed by atoms with E-state index in [0.717, 1.165) is 28.5 Å². The van der Waals surface area contributed by atoms with Gasteiger partial charge in [0.2, 0.25) is 5.91 Å². The van der Waals surface area contributed by atoms with Gasteiger partial charge in [0.15, 0.2) is 0 Å². The summed E-state index contributed by atoms with van der Waals surface area (Å²) in [5, 5.41) is 4.59. The first-order valence-electron chi connectivity index (χ1n) is 9.01. The molecule has 0 fully saturated rings. The molecule has 1 amide bonds. The number of fused-ring (bicyclic) bond motifs is 1. The molecule has 0 aliphatic heterocycles. The zero-order chi connectivity index (χ0) is 19.6. The third kappa shape index (κ3) is 3.73. The van der Waals surface area contributed by atoms with Crippen molar-refractivity contribution < 1.29 is 4.79 Å². The number of hydrogen-bond acceptors (Lipinski definition) is 4. The molecular formula is C20H23N3O3S. The Bertz CT molecular complexity index is 1110. The zero-order valence-electron chi connectivity index (χ0n) is 15.7. The van der Waals surface area contributed by atoms with Gasteiger partial charge in [-0.3, -0.25) is 14.2 Å². The molecule has 1 N–H and O–H groups in total. The molecule has 0 saturated heterocycles. The number of aryl methyl sites for hydroxylation is 2. The molecule has 1 aromatic carbocycles. The number of aromatic nitrogens is 2. The second-order valence-corrected chi connectivity index (χ2v) is 7.53. The largest absolute Gasteiger partial charge is 0.355 e. The van der Waals surface area contributed by atoms with Crippen molar-refractivity contribution in [2.75, 3.05) is 6.54 Å². The number of unbranched alkanes of at least 4 members (excludes halogenated alkanes) is 1. The lowest BCUT2D eigenvalue weighted by atomic mass is 10.1. The summed E-state index contributed by atoms with van der Waals surface area (Å²) >= 11 is 1.28. The second-order valence-electron chi connectivity index (χ2n) is 6.62. The quantitative estimate of drug-likeness (QED) is 0.663. The smallest absolute Gasteiger partial charge is 0.336 e. The van der Waals surface area contributed by atoms with Crippen molar-refractivity contribution in [3.8, 4) is 5.69 Å². The third-order valence-electron chi connectivity index (χ3n) is 4.66. The lowest BCUT2D eigenvalue weighted by Crippen LogP contribution is -2.41. The molecule has 3 rings (SSSR count). The van der Waals surface area contributed by atoms with Gasteiger partial charge in [0, 0.05) is 6.54 Å². The van der Waals surface area contributed by atoms with Crippen LogP contribution in [-0.2, 0) is 11.3 Å². The Morgan fingerprint density at radius 1 is 1.15 bits per heavy atom. The minimum Gasteiger partial charge on any atom is -0.355 e. The molecule has 0 aliphatic rings. The average Bonchev–Trinajstić information content (AvgIpc) is 3.12. The van der Waals surface area contributed by atoms with Crippen LogP contribution < -0.4 is 16.6 Å². The topological polar surface area (TPSA) is 73.1 Å². The number of hydrogen-bond donors (Lipinski definition) is 1. The Kier molecular flexibility index (Phi) is 5.60. The highest BCUT2D eigenvalue weighted by molar-refractivity contribution is 7.17. The van der Waals surface area contributed by atoms with Crippen molar-refractivity contribution in [1.29, 1.82) is 0 Å². The van der Waals surface area contributed by atoms with Gasteiger partial charge in [-0.25, -0.2) is 9.36 Å². The third-order valence-corrected chi connectivity index (χ3v) is 5.55. The fourth-order valence-electron chi connectivity index (χ4n) is 2.94. The lowest BCUT2D eigenvalue weighted by Gasteiger charge is -2.13. The summed E-state index contributed by atoms with van der Waals surface area (Å²) in [6.45, 7) is 6.43. The molecule has 2 aromatic heterocycles. The molecule has 2 heterocycles. The number of nitrogens with one attached hydrogen (secondary N) is 1. The highest BCUT2D eigenvalue weighted by Crippen LogP contribution is 2.17. The van der Waals surface area contributed by atoms with E-state index in [2.05, 4.69) is 5.32 Å². The van der Waals surface area contributed by atoms with Crippen LogP contribution in [0.4, 0.5) is 0 Å². The zero-order valence-corrected chi connectivity index (χ0v) is 16.6. The number of thiophene rings is 1. The van der Waals surface area contributed by atoms with Gasteiger partial charge in [0.05, 0.1) is 11.2 Å². The Balaban J connectivity index is 2.13. The number of carbonyl (C=O) groups is 1. The summed E-state index contributed by atoms with van der Waals surface area (Å²) in [4.78, 5) is 38.3. The SMILES string of the molecule is CCCCNC(=O)Cn1c(=O)n(-c2ccc(C)c(C)c2)c(=O)c2sccc21. The summed E-state index contributed by atoms with van der Waals surface area (Å²) in [7, 11) is 0. The van der Waals surface area contributed by atoms with E-state index in [9.17, 15) is 14.4 Å². The number of rotatable bonds is 6. The molecule has 7 heteroatoms. The van der Waals surface area contributed by atoms with Crippen LogP contribution >= 0.6 is 11.3 Å². The van der Waals surface area contributed by atoms with Crippen molar-refractivity contribution in [3.05, 3.63) is 61.6 Å². The van der Waals surface area contributed by atoms with E-state index in [1.807, 2.05) is 32.9 Å². The number of amides is 1. The molecule has 0 aliphatic carbocycles. The molecule has 0 saturated carbocycles. The van der Waals surface area contributed by atoms with Crippen LogP contribution in [0.5, 0.6) is 0 Å². The number of benzene rings is 1. The van der Waals surface area contributed by atoms with Gasteiger partial charge in [-0.05, 0) is 55.0 Å². The molecule has 0 radical (unpaired) electrons. The normalized spacial score (nSPS) is 11.1. The summed E-state index contributed by atoms with van der Waals surface area (Å²) in [5.41, 5.74) is 2.24. The monoisotopic (exact) mass is 385 g/mol. The van der Waals surface area contributed by atoms with E-state index in [1.165, 1.54) is 15.9 Å². The Labute approximate surface area is 161 Å². The maximum Gasteiger partial charge on any atom is 0.336 e. The predicted molar refractivity (Wildman–Crippen MR) is 109 cm³/mol. The van der Waals surface area contributed by atoms with Gasteiger partial charge in [-0.2, -0.15) is 0 Å². The van der Waals surface area contributed by atoms with Crippen LogP contribution in [-0.4, -0.2) is 21.6 Å². The number of nitrogens with zero attached hydrogens (tertiary/aromatic N) is 2.